The van der Waals surface area contributed by atoms with Gasteiger partial charge in [0.15, 0.2) is 0 Å². The van der Waals surface area contributed by atoms with Crippen LogP contribution >= 0.6 is 0 Å². The van der Waals surface area contributed by atoms with Crippen molar-refractivity contribution in [3.63, 3.8) is 0 Å². The molecule has 3 saturated heterocycles. The molecule has 1 atom stereocenters. The van der Waals surface area contributed by atoms with Crippen molar-refractivity contribution < 1.29 is 18.5 Å². The number of pyridine rings is 1. The molecule has 4 rings (SSSR count). The molecule has 0 spiro atoms. The first-order valence-electron chi connectivity index (χ1n) is 11.2. The number of amides is 2. The number of anilines is 1. The van der Waals surface area contributed by atoms with Gasteiger partial charge >= 0.3 is 0 Å². The minimum Gasteiger partial charge on any atom is -0.381 e. The smallest absolute Gasteiger partial charge is 0.259 e. The van der Waals surface area contributed by atoms with Crippen molar-refractivity contribution in [1.82, 2.24) is 9.88 Å². The Balaban J connectivity index is 1.41. The molecular weight excluding hydrogens is 416 g/mol. The van der Waals surface area contributed by atoms with Gasteiger partial charge in [-0.15, -0.1) is 0 Å². The summed E-state index contributed by atoms with van der Waals surface area (Å²) in [5.41, 5.74) is -0.0492. The van der Waals surface area contributed by atoms with Crippen molar-refractivity contribution in [2.24, 2.45) is 9.78 Å². The van der Waals surface area contributed by atoms with E-state index in [0.29, 0.717) is 56.9 Å². The summed E-state index contributed by atoms with van der Waals surface area (Å²) in [6.45, 7) is 5.82. The van der Waals surface area contributed by atoms with Crippen LogP contribution in [0.4, 0.5) is 5.82 Å². The van der Waals surface area contributed by atoms with E-state index in [2.05, 4.69) is 14.2 Å². The van der Waals surface area contributed by atoms with Crippen molar-refractivity contribution in [2.75, 3.05) is 55.8 Å². The minimum absolute atomic E-state index is 0.105. The van der Waals surface area contributed by atoms with Crippen molar-refractivity contribution >= 4 is 27.4 Å². The van der Waals surface area contributed by atoms with E-state index in [-0.39, 0.29) is 17.6 Å². The molecule has 0 aliphatic carbocycles. The van der Waals surface area contributed by atoms with Crippen molar-refractivity contribution in [3.05, 3.63) is 23.9 Å². The summed E-state index contributed by atoms with van der Waals surface area (Å²) in [6, 6.07) is 3.73. The fourth-order valence-electron chi connectivity index (χ4n) is 4.37. The maximum Gasteiger partial charge on any atom is 0.259 e. The summed E-state index contributed by atoms with van der Waals surface area (Å²) in [5, 5.41) is 0. The summed E-state index contributed by atoms with van der Waals surface area (Å²) < 4.78 is 22.9. The van der Waals surface area contributed by atoms with Gasteiger partial charge in [-0.05, 0) is 44.2 Å². The van der Waals surface area contributed by atoms with Gasteiger partial charge in [0.2, 0.25) is 0 Å². The molecule has 0 radical (unpaired) electrons. The standard InChI is InChI=1S/C22H32N4O4S/c1-22(7-13-30-14-8-22)21(28)24-31(29)15-4-11-26(12-16-31)20(27)18-5-6-19(23-17-18)25-9-2-3-10-25/h5-6,17H,2-4,7-16H2,1H3. The Hall–Kier alpha value is -2.00. The van der Waals surface area contributed by atoms with Gasteiger partial charge in [-0.1, -0.05) is 6.92 Å². The van der Waals surface area contributed by atoms with Crippen molar-refractivity contribution in [3.8, 4) is 0 Å². The highest BCUT2D eigenvalue weighted by atomic mass is 32.2. The maximum absolute atomic E-state index is 13.3. The van der Waals surface area contributed by atoms with E-state index in [9.17, 15) is 13.8 Å². The molecule has 4 heterocycles. The molecule has 0 N–H and O–H groups in total. The van der Waals surface area contributed by atoms with E-state index in [4.69, 9.17) is 4.74 Å². The number of ether oxygens (including phenoxy) is 1. The average molecular weight is 449 g/mol. The lowest BCUT2D eigenvalue weighted by Gasteiger charge is -2.30. The van der Waals surface area contributed by atoms with Crippen LogP contribution in [0.3, 0.4) is 0 Å². The Morgan fingerprint density at radius 1 is 1.06 bits per heavy atom. The highest BCUT2D eigenvalue weighted by molar-refractivity contribution is 7.93. The monoisotopic (exact) mass is 448 g/mol. The first-order valence-corrected chi connectivity index (χ1v) is 13.1. The first-order chi connectivity index (χ1) is 14.9. The number of nitrogens with zero attached hydrogens (tertiary/aromatic N) is 4. The van der Waals surface area contributed by atoms with Gasteiger partial charge in [0.05, 0.1) is 20.7 Å². The van der Waals surface area contributed by atoms with Crippen LogP contribution in [0.5, 0.6) is 0 Å². The van der Waals surface area contributed by atoms with Crippen LogP contribution in [0.25, 0.3) is 0 Å². The summed E-state index contributed by atoms with van der Waals surface area (Å²) in [4.78, 5) is 34.2. The van der Waals surface area contributed by atoms with E-state index in [1.54, 1.807) is 11.1 Å². The SMILES string of the molecule is CC1(C(=O)N=S2(=O)CCCN(C(=O)c3ccc(N4CCCC4)nc3)CC2)CCOCC1. The molecule has 1 aromatic rings. The third-order valence-electron chi connectivity index (χ3n) is 6.65. The normalized spacial score (nSPS) is 26.4. The van der Waals surface area contributed by atoms with Crippen LogP contribution < -0.4 is 4.90 Å². The number of rotatable bonds is 3. The quantitative estimate of drug-likeness (QED) is 0.705. The van der Waals surface area contributed by atoms with Gasteiger partial charge in [0.25, 0.3) is 11.8 Å². The Bertz CT molecular complexity index is 927. The van der Waals surface area contributed by atoms with Crippen LogP contribution in [0.1, 0.15) is 49.4 Å². The molecule has 170 valence electrons. The maximum atomic E-state index is 13.3. The Morgan fingerprint density at radius 3 is 2.48 bits per heavy atom. The molecule has 8 nitrogen and oxygen atoms in total. The summed E-state index contributed by atoms with van der Waals surface area (Å²) in [5.74, 6) is 1.11. The Morgan fingerprint density at radius 2 is 1.81 bits per heavy atom. The largest absolute Gasteiger partial charge is 0.381 e. The number of carbonyl (C=O) groups is 2. The Kier molecular flexibility index (Phi) is 6.62. The fourth-order valence-corrected chi connectivity index (χ4v) is 6.36. The fraction of sp³-hybridized carbons (Fsp3) is 0.682. The molecule has 0 aromatic carbocycles. The molecule has 0 bridgehead atoms. The van der Waals surface area contributed by atoms with Crippen LogP contribution in [-0.4, -0.2) is 76.8 Å². The van der Waals surface area contributed by atoms with Gasteiger partial charge in [0.1, 0.15) is 5.82 Å². The van der Waals surface area contributed by atoms with Crippen LogP contribution in [-0.2, 0) is 19.3 Å². The number of carbonyl (C=O) groups excluding carboxylic acids is 2. The van der Waals surface area contributed by atoms with Gasteiger partial charge < -0.3 is 14.5 Å². The van der Waals surface area contributed by atoms with Crippen LogP contribution in [0, 0.1) is 5.41 Å². The molecule has 9 heteroatoms. The highest BCUT2D eigenvalue weighted by Gasteiger charge is 2.36. The lowest BCUT2D eigenvalue weighted by molar-refractivity contribution is -0.131. The minimum atomic E-state index is -2.66. The van der Waals surface area contributed by atoms with E-state index in [1.165, 1.54) is 12.8 Å². The number of aromatic nitrogens is 1. The average Bonchev–Trinajstić information content (AvgIpc) is 3.24. The third-order valence-corrected chi connectivity index (χ3v) is 8.89. The van der Waals surface area contributed by atoms with E-state index < -0.39 is 15.1 Å². The molecular formula is C22H32N4O4S. The summed E-state index contributed by atoms with van der Waals surface area (Å²) >= 11 is 0. The van der Waals surface area contributed by atoms with E-state index in [0.717, 1.165) is 18.9 Å². The lowest BCUT2D eigenvalue weighted by Crippen LogP contribution is -2.35. The summed E-state index contributed by atoms with van der Waals surface area (Å²) in [6.07, 6.45) is 5.77. The topological polar surface area (TPSA) is 92.2 Å². The highest BCUT2D eigenvalue weighted by Crippen LogP contribution is 2.32. The molecule has 2 amide bonds. The zero-order valence-corrected chi connectivity index (χ0v) is 19.1. The van der Waals surface area contributed by atoms with E-state index >= 15 is 0 Å². The van der Waals surface area contributed by atoms with Crippen LogP contribution in [0.2, 0.25) is 0 Å². The Labute approximate surface area is 184 Å². The first kappa shape index (κ1) is 22.2. The molecule has 3 fully saturated rings. The predicted octanol–water partition coefficient (Wildman–Crippen LogP) is 2.34. The predicted molar refractivity (Wildman–Crippen MR) is 120 cm³/mol. The van der Waals surface area contributed by atoms with Crippen molar-refractivity contribution in [1.29, 1.82) is 0 Å². The molecule has 3 aliphatic heterocycles. The molecule has 31 heavy (non-hydrogen) atoms. The van der Waals surface area contributed by atoms with Gasteiger partial charge in [-0.25, -0.2) is 9.19 Å². The second-order valence-electron chi connectivity index (χ2n) is 9.00. The van der Waals surface area contributed by atoms with Crippen LogP contribution in [0.15, 0.2) is 22.7 Å². The zero-order chi connectivity index (χ0) is 21.9. The zero-order valence-electron chi connectivity index (χ0n) is 18.3. The molecule has 0 saturated carbocycles. The number of hydrogen-bond acceptors (Lipinski definition) is 6. The van der Waals surface area contributed by atoms with Gasteiger partial charge in [0, 0.05) is 57.1 Å². The second-order valence-corrected chi connectivity index (χ2v) is 11.5. The second kappa shape index (κ2) is 9.24. The molecule has 1 aromatic heterocycles. The van der Waals surface area contributed by atoms with Gasteiger partial charge in [-0.3, -0.25) is 9.59 Å². The van der Waals surface area contributed by atoms with Crippen molar-refractivity contribution in [2.45, 2.75) is 39.0 Å². The number of hydrogen-bond donors (Lipinski definition) is 0. The lowest BCUT2D eigenvalue weighted by atomic mass is 9.82. The molecule has 1 unspecified atom stereocenters. The third kappa shape index (κ3) is 5.09. The van der Waals surface area contributed by atoms with E-state index in [1.807, 2.05) is 19.1 Å². The molecule has 3 aliphatic rings. The van der Waals surface area contributed by atoms with Gasteiger partial charge in [-0.2, -0.15) is 4.36 Å². The summed E-state index contributed by atoms with van der Waals surface area (Å²) in [7, 11) is -2.66.